The SMILES string of the molecule is COCCCNS(=O)(=O)c1ccc(Cl)cc1[N+](=O)[O-]. The zero-order chi connectivity index (χ0) is 14.5. The van der Waals surface area contributed by atoms with Gasteiger partial charge in [-0.25, -0.2) is 13.1 Å². The Morgan fingerprint density at radius 1 is 1.47 bits per heavy atom. The van der Waals surface area contributed by atoms with Gasteiger partial charge in [0, 0.05) is 31.4 Å². The summed E-state index contributed by atoms with van der Waals surface area (Å²) in [6.45, 7) is 0.529. The van der Waals surface area contributed by atoms with Gasteiger partial charge in [-0.15, -0.1) is 0 Å². The molecule has 0 amide bonds. The van der Waals surface area contributed by atoms with Crippen molar-refractivity contribution in [2.24, 2.45) is 0 Å². The van der Waals surface area contributed by atoms with Crippen molar-refractivity contribution in [1.29, 1.82) is 0 Å². The molecule has 1 aromatic rings. The second kappa shape index (κ2) is 6.80. The third kappa shape index (κ3) is 4.43. The first-order valence-corrected chi connectivity index (χ1v) is 7.17. The lowest BCUT2D eigenvalue weighted by molar-refractivity contribution is -0.387. The van der Waals surface area contributed by atoms with E-state index in [1.54, 1.807) is 0 Å². The number of ether oxygens (including phenoxy) is 1. The molecule has 0 atom stereocenters. The summed E-state index contributed by atoms with van der Waals surface area (Å²) in [7, 11) is -2.44. The fourth-order valence-corrected chi connectivity index (χ4v) is 2.75. The van der Waals surface area contributed by atoms with Gasteiger partial charge in [0.2, 0.25) is 10.0 Å². The van der Waals surface area contributed by atoms with E-state index in [2.05, 4.69) is 4.72 Å². The zero-order valence-electron chi connectivity index (χ0n) is 10.1. The topological polar surface area (TPSA) is 98.5 Å². The molecular formula is C10H13ClN2O5S. The van der Waals surface area contributed by atoms with Gasteiger partial charge in [0.05, 0.1) is 4.92 Å². The van der Waals surface area contributed by atoms with Crippen LogP contribution in [-0.4, -0.2) is 33.6 Å². The van der Waals surface area contributed by atoms with E-state index < -0.39 is 25.5 Å². The van der Waals surface area contributed by atoms with Crippen molar-refractivity contribution in [3.63, 3.8) is 0 Å². The Bertz CT molecular complexity index is 561. The normalized spacial score (nSPS) is 11.5. The standard InChI is InChI=1S/C10H13ClN2O5S/c1-18-6-2-5-12-19(16,17)10-4-3-8(11)7-9(10)13(14)15/h3-4,7,12H,2,5-6H2,1H3. The predicted molar refractivity (Wildman–Crippen MR) is 69.8 cm³/mol. The fourth-order valence-electron chi connectivity index (χ4n) is 1.36. The number of rotatable bonds is 7. The molecule has 0 unspecified atom stereocenters. The van der Waals surface area contributed by atoms with Gasteiger partial charge in [-0.1, -0.05) is 11.6 Å². The number of nitro benzene ring substituents is 1. The Kier molecular flexibility index (Phi) is 5.67. The molecule has 106 valence electrons. The van der Waals surface area contributed by atoms with Gasteiger partial charge in [-0.05, 0) is 18.6 Å². The number of hydrogen-bond donors (Lipinski definition) is 1. The van der Waals surface area contributed by atoms with Crippen LogP contribution < -0.4 is 4.72 Å². The predicted octanol–water partition coefficient (Wildman–Crippen LogP) is 1.56. The van der Waals surface area contributed by atoms with Crippen LogP contribution in [0.2, 0.25) is 5.02 Å². The summed E-state index contributed by atoms with van der Waals surface area (Å²) in [5, 5.41) is 10.9. The van der Waals surface area contributed by atoms with E-state index in [1.165, 1.54) is 13.2 Å². The minimum absolute atomic E-state index is 0.102. The maximum atomic E-state index is 11.9. The average molecular weight is 309 g/mol. The number of nitrogens with zero attached hydrogens (tertiary/aromatic N) is 1. The van der Waals surface area contributed by atoms with Crippen molar-refractivity contribution in [2.45, 2.75) is 11.3 Å². The first-order valence-electron chi connectivity index (χ1n) is 5.31. The summed E-state index contributed by atoms with van der Waals surface area (Å²) < 4.78 is 30.9. The summed E-state index contributed by atoms with van der Waals surface area (Å²) >= 11 is 5.62. The first-order chi connectivity index (χ1) is 8.88. The van der Waals surface area contributed by atoms with Crippen LogP contribution in [0.5, 0.6) is 0 Å². The molecule has 0 saturated carbocycles. The highest BCUT2D eigenvalue weighted by molar-refractivity contribution is 7.89. The molecule has 1 aromatic carbocycles. The smallest absolute Gasteiger partial charge is 0.290 e. The summed E-state index contributed by atoms with van der Waals surface area (Å²) in [5.41, 5.74) is -0.549. The van der Waals surface area contributed by atoms with E-state index in [4.69, 9.17) is 16.3 Å². The van der Waals surface area contributed by atoms with Gasteiger partial charge in [-0.3, -0.25) is 10.1 Å². The number of sulfonamides is 1. The van der Waals surface area contributed by atoms with Gasteiger partial charge in [0.25, 0.3) is 5.69 Å². The minimum Gasteiger partial charge on any atom is -0.385 e. The van der Waals surface area contributed by atoms with Gasteiger partial charge in [-0.2, -0.15) is 0 Å². The molecule has 0 aromatic heterocycles. The lowest BCUT2D eigenvalue weighted by Crippen LogP contribution is -2.26. The van der Waals surface area contributed by atoms with Crippen LogP contribution in [0, 0.1) is 10.1 Å². The van der Waals surface area contributed by atoms with Crippen LogP contribution >= 0.6 is 11.6 Å². The van der Waals surface area contributed by atoms with Gasteiger partial charge in [0.1, 0.15) is 0 Å². The maximum Gasteiger partial charge on any atom is 0.290 e. The van der Waals surface area contributed by atoms with Gasteiger partial charge >= 0.3 is 0 Å². The number of halogens is 1. The zero-order valence-corrected chi connectivity index (χ0v) is 11.7. The van der Waals surface area contributed by atoms with E-state index in [0.717, 1.165) is 12.1 Å². The summed E-state index contributed by atoms with van der Waals surface area (Å²) in [4.78, 5) is 9.65. The fraction of sp³-hybridized carbons (Fsp3) is 0.400. The number of benzene rings is 1. The van der Waals surface area contributed by atoms with E-state index in [1.807, 2.05) is 0 Å². The Balaban J connectivity index is 2.98. The second-order valence-electron chi connectivity index (χ2n) is 3.61. The highest BCUT2D eigenvalue weighted by atomic mass is 35.5. The summed E-state index contributed by atoms with van der Waals surface area (Å²) in [6.07, 6.45) is 0.469. The van der Waals surface area contributed by atoms with E-state index in [9.17, 15) is 18.5 Å². The number of hydrogen-bond acceptors (Lipinski definition) is 5. The van der Waals surface area contributed by atoms with E-state index in [-0.39, 0.29) is 11.6 Å². The van der Waals surface area contributed by atoms with Crippen LogP contribution in [-0.2, 0) is 14.8 Å². The summed E-state index contributed by atoms with van der Waals surface area (Å²) in [5.74, 6) is 0. The molecule has 1 rings (SSSR count). The molecule has 0 heterocycles. The number of methoxy groups -OCH3 is 1. The van der Waals surface area contributed by atoms with Crippen LogP contribution in [0.1, 0.15) is 6.42 Å². The molecule has 9 heteroatoms. The molecule has 0 aliphatic rings. The third-order valence-corrected chi connectivity index (χ3v) is 3.97. The number of nitrogens with one attached hydrogen (secondary N) is 1. The molecule has 0 fully saturated rings. The van der Waals surface area contributed by atoms with Crippen molar-refractivity contribution in [1.82, 2.24) is 4.72 Å². The molecule has 0 aliphatic carbocycles. The van der Waals surface area contributed by atoms with Crippen LogP contribution in [0.4, 0.5) is 5.69 Å². The molecule has 0 bridgehead atoms. The van der Waals surface area contributed by atoms with Crippen LogP contribution in [0.15, 0.2) is 23.1 Å². The maximum absolute atomic E-state index is 11.9. The molecule has 1 N–H and O–H groups in total. The Labute approximate surface area is 115 Å². The molecule has 0 saturated heterocycles. The Morgan fingerprint density at radius 2 is 2.16 bits per heavy atom. The largest absolute Gasteiger partial charge is 0.385 e. The highest BCUT2D eigenvalue weighted by Gasteiger charge is 2.25. The average Bonchev–Trinajstić information content (AvgIpc) is 2.34. The summed E-state index contributed by atoms with van der Waals surface area (Å²) in [6, 6.07) is 3.41. The molecule has 0 aliphatic heterocycles. The Morgan fingerprint density at radius 3 is 2.74 bits per heavy atom. The van der Waals surface area contributed by atoms with Crippen molar-refractivity contribution < 1.29 is 18.1 Å². The van der Waals surface area contributed by atoms with Gasteiger partial charge in [0.15, 0.2) is 4.90 Å². The molecular weight excluding hydrogens is 296 g/mol. The van der Waals surface area contributed by atoms with Crippen molar-refractivity contribution in [2.75, 3.05) is 20.3 Å². The van der Waals surface area contributed by atoms with Crippen molar-refractivity contribution in [3.05, 3.63) is 33.3 Å². The van der Waals surface area contributed by atoms with Crippen molar-refractivity contribution in [3.8, 4) is 0 Å². The lowest BCUT2D eigenvalue weighted by Gasteiger charge is -2.07. The molecule has 0 radical (unpaired) electrons. The second-order valence-corrected chi connectivity index (χ2v) is 5.79. The van der Waals surface area contributed by atoms with E-state index in [0.29, 0.717) is 13.0 Å². The Hall–Kier alpha value is -1.22. The molecule has 0 spiro atoms. The third-order valence-electron chi connectivity index (χ3n) is 2.22. The van der Waals surface area contributed by atoms with Crippen LogP contribution in [0.25, 0.3) is 0 Å². The molecule has 7 nitrogen and oxygen atoms in total. The van der Waals surface area contributed by atoms with Crippen molar-refractivity contribution >= 4 is 27.3 Å². The lowest BCUT2D eigenvalue weighted by atomic mass is 10.3. The minimum atomic E-state index is -3.94. The number of nitro groups is 1. The molecule has 19 heavy (non-hydrogen) atoms. The van der Waals surface area contributed by atoms with E-state index >= 15 is 0 Å². The van der Waals surface area contributed by atoms with Gasteiger partial charge < -0.3 is 4.74 Å². The highest BCUT2D eigenvalue weighted by Crippen LogP contribution is 2.26. The first kappa shape index (κ1) is 15.8. The van der Waals surface area contributed by atoms with Crippen LogP contribution in [0.3, 0.4) is 0 Å². The monoisotopic (exact) mass is 308 g/mol. The quantitative estimate of drug-likeness (QED) is 0.468.